The van der Waals surface area contributed by atoms with Crippen LogP contribution in [0.15, 0.2) is 51.6 Å². The molecule has 8 heteroatoms. The normalized spacial score (nSPS) is 20.7. The van der Waals surface area contributed by atoms with Crippen LogP contribution in [0.25, 0.3) is 0 Å². The Morgan fingerprint density at radius 1 is 1.33 bits per heavy atom. The molecular weight excluding hydrogens is 405 g/mol. The summed E-state index contributed by atoms with van der Waals surface area (Å²) in [6.07, 6.45) is 1.82. The number of amidine groups is 1. The van der Waals surface area contributed by atoms with Gasteiger partial charge in [0.15, 0.2) is 5.17 Å². The zero-order chi connectivity index (χ0) is 21.4. The molecule has 0 aromatic heterocycles. The number of hydrogen-bond donors (Lipinski definition) is 1. The van der Waals surface area contributed by atoms with Crippen LogP contribution in [0.1, 0.15) is 51.6 Å². The molecule has 4 rings (SSSR count). The van der Waals surface area contributed by atoms with E-state index >= 15 is 0 Å². The summed E-state index contributed by atoms with van der Waals surface area (Å²) >= 11 is 1.37. The Bertz CT molecular complexity index is 982. The van der Waals surface area contributed by atoms with Crippen LogP contribution in [0.2, 0.25) is 0 Å². The van der Waals surface area contributed by atoms with E-state index in [1.807, 2.05) is 5.41 Å². The minimum Gasteiger partial charge on any atom is -0.459 e. The van der Waals surface area contributed by atoms with Crippen molar-refractivity contribution in [3.8, 4) is 0 Å². The number of carbonyl (C=O) groups is 2. The van der Waals surface area contributed by atoms with Gasteiger partial charge in [-0.2, -0.15) is 0 Å². The molecular formula is C22H24FN3O3S. The summed E-state index contributed by atoms with van der Waals surface area (Å²) in [5, 5.41) is 5.45. The minimum absolute atomic E-state index is 0.0875. The van der Waals surface area contributed by atoms with E-state index in [1.54, 1.807) is 43.9 Å². The Balaban J connectivity index is 1.73. The fraction of sp³-hybridized carbons (Fsp3) is 0.409. The number of aliphatic imine (C=N–C) groups is 1. The number of ether oxygens (including phenoxy) is 1. The first-order valence-electron chi connectivity index (χ1n) is 10.0. The number of hydrogen-bond acceptors (Lipinski definition) is 6. The molecule has 0 bridgehead atoms. The molecule has 1 saturated carbocycles. The van der Waals surface area contributed by atoms with Crippen LogP contribution in [0.3, 0.4) is 0 Å². The summed E-state index contributed by atoms with van der Waals surface area (Å²) in [5.74, 6) is -1.04. The molecule has 158 valence electrons. The van der Waals surface area contributed by atoms with Crippen molar-refractivity contribution in [2.45, 2.75) is 58.2 Å². The molecule has 1 aromatic rings. The van der Waals surface area contributed by atoms with Gasteiger partial charge in [0.1, 0.15) is 5.82 Å². The van der Waals surface area contributed by atoms with Crippen LogP contribution in [0.5, 0.6) is 0 Å². The lowest BCUT2D eigenvalue weighted by Crippen LogP contribution is -2.39. The number of benzene rings is 1. The number of rotatable bonds is 6. The molecule has 1 aromatic carbocycles. The third kappa shape index (κ3) is 4.14. The fourth-order valence-corrected chi connectivity index (χ4v) is 4.53. The van der Waals surface area contributed by atoms with Crippen LogP contribution in [-0.2, 0) is 14.3 Å². The highest BCUT2D eigenvalue weighted by Crippen LogP contribution is 2.45. The first-order chi connectivity index (χ1) is 14.3. The number of carbonyl (C=O) groups excluding carboxylic acids is 2. The van der Waals surface area contributed by atoms with E-state index < -0.39 is 17.8 Å². The smallest absolute Gasteiger partial charge is 0.338 e. The molecule has 0 radical (unpaired) electrons. The molecule has 3 aliphatic rings. The zero-order valence-corrected chi connectivity index (χ0v) is 18.0. The summed E-state index contributed by atoms with van der Waals surface area (Å²) in [4.78, 5) is 31.8. The monoisotopic (exact) mass is 429 g/mol. The molecule has 2 heterocycles. The SMILES string of the molecule is CC1=C(C(=O)OC(C)C)[C@@H](c2ccccc2F)N2C(CC(=O)NC3CC3)=CSC2=N1. The van der Waals surface area contributed by atoms with E-state index in [9.17, 15) is 14.0 Å². The first-order valence-corrected chi connectivity index (χ1v) is 10.9. The molecule has 0 saturated heterocycles. The van der Waals surface area contributed by atoms with Crippen molar-refractivity contribution in [1.29, 1.82) is 0 Å². The van der Waals surface area contributed by atoms with E-state index in [0.29, 0.717) is 22.1 Å². The predicted octanol–water partition coefficient (Wildman–Crippen LogP) is 4.02. The summed E-state index contributed by atoms with van der Waals surface area (Å²) in [5.41, 5.74) is 1.81. The van der Waals surface area contributed by atoms with Gasteiger partial charge >= 0.3 is 5.97 Å². The summed E-state index contributed by atoms with van der Waals surface area (Å²) < 4.78 is 20.3. The molecule has 1 amide bonds. The Morgan fingerprint density at radius 3 is 2.73 bits per heavy atom. The van der Waals surface area contributed by atoms with Crippen molar-refractivity contribution in [2.24, 2.45) is 4.99 Å². The second-order valence-corrected chi connectivity index (χ2v) is 8.72. The van der Waals surface area contributed by atoms with Crippen molar-refractivity contribution < 1.29 is 18.7 Å². The lowest BCUT2D eigenvalue weighted by atomic mass is 9.93. The average molecular weight is 430 g/mol. The van der Waals surface area contributed by atoms with E-state index in [-0.39, 0.29) is 30.0 Å². The van der Waals surface area contributed by atoms with E-state index in [4.69, 9.17) is 4.74 Å². The molecule has 0 spiro atoms. The van der Waals surface area contributed by atoms with Crippen LogP contribution >= 0.6 is 11.8 Å². The highest BCUT2D eigenvalue weighted by molar-refractivity contribution is 8.16. The maximum atomic E-state index is 14.9. The molecule has 1 atom stereocenters. The van der Waals surface area contributed by atoms with Gasteiger partial charge in [0.2, 0.25) is 5.91 Å². The Kier molecular flexibility index (Phi) is 5.69. The van der Waals surface area contributed by atoms with Crippen LogP contribution in [0.4, 0.5) is 4.39 Å². The number of fused-ring (bicyclic) bond motifs is 1. The van der Waals surface area contributed by atoms with Gasteiger partial charge in [0.25, 0.3) is 0 Å². The van der Waals surface area contributed by atoms with Gasteiger partial charge in [-0.25, -0.2) is 14.2 Å². The molecule has 2 aliphatic heterocycles. The van der Waals surface area contributed by atoms with Crippen molar-refractivity contribution in [1.82, 2.24) is 10.2 Å². The lowest BCUT2D eigenvalue weighted by molar-refractivity contribution is -0.143. The number of amides is 1. The second-order valence-electron chi connectivity index (χ2n) is 7.89. The van der Waals surface area contributed by atoms with Gasteiger partial charge in [0, 0.05) is 17.3 Å². The molecule has 1 fully saturated rings. The molecule has 1 N–H and O–H groups in total. The lowest BCUT2D eigenvalue weighted by Gasteiger charge is -2.36. The first kappa shape index (κ1) is 20.7. The Morgan fingerprint density at radius 2 is 2.07 bits per heavy atom. The third-order valence-corrected chi connectivity index (χ3v) is 5.94. The molecule has 6 nitrogen and oxygen atoms in total. The van der Waals surface area contributed by atoms with Gasteiger partial charge in [-0.1, -0.05) is 30.0 Å². The number of allylic oxidation sites excluding steroid dienone is 1. The second kappa shape index (κ2) is 8.26. The standard InChI is InChI=1S/C22H24FN3O3S/c1-12(2)29-21(28)19-13(3)24-22-26(20(19)16-6-4-5-7-17(16)23)15(11-30-22)10-18(27)25-14-8-9-14/h4-7,11-12,14,20H,8-10H2,1-3H3,(H,25,27)/t20-/m1/s1. The van der Waals surface area contributed by atoms with Crippen LogP contribution in [0, 0.1) is 5.82 Å². The van der Waals surface area contributed by atoms with Crippen molar-refractivity contribution >= 4 is 28.8 Å². The third-order valence-electron chi connectivity index (χ3n) is 5.05. The Labute approximate surface area is 179 Å². The topological polar surface area (TPSA) is 71.0 Å². The van der Waals surface area contributed by atoms with E-state index in [1.165, 1.54) is 17.8 Å². The quantitative estimate of drug-likeness (QED) is 0.692. The largest absolute Gasteiger partial charge is 0.459 e. The van der Waals surface area contributed by atoms with Gasteiger partial charge in [-0.05, 0) is 45.1 Å². The maximum absolute atomic E-state index is 14.9. The number of nitrogens with zero attached hydrogens (tertiary/aromatic N) is 2. The minimum atomic E-state index is -0.750. The van der Waals surface area contributed by atoms with Gasteiger partial charge < -0.3 is 15.0 Å². The molecule has 0 unspecified atom stereocenters. The average Bonchev–Trinajstić information content (AvgIpc) is 3.40. The van der Waals surface area contributed by atoms with Crippen LogP contribution in [-0.4, -0.2) is 34.1 Å². The van der Waals surface area contributed by atoms with E-state index in [0.717, 1.165) is 12.8 Å². The number of halogens is 1. The van der Waals surface area contributed by atoms with Crippen molar-refractivity contribution in [3.05, 3.63) is 58.0 Å². The van der Waals surface area contributed by atoms with Gasteiger partial charge in [-0.3, -0.25) is 4.79 Å². The summed E-state index contributed by atoms with van der Waals surface area (Å²) in [6, 6.07) is 5.87. The molecule has 30 heavy (non-hydrogen) atoms. The van der Waals surface area contributed by atoms with E-state index in [2.05, 4.69) is 10.3 Å². The summed E-state index contributed by atoms with van der Waals surface area (Å²) in [6.45, 7) is 5.26. The summed E-state index contributed by atoms with van der Waals surface area (Å²) in [7, 11) is 0. The Hall–Kier alpha value is -2.61. The van der Waals surface area contributed by atoms with Crippen molar-refractivity contribution in [2.75, 3.05) is 0 Å². The predicted molar refractivity (Wildman–Crippen MR) is 114 cm³/mol. The van der Waals surface area contributed by atoms with Gasteiger partial charge in [0.05, 0.1) is 29.8 Å². The highest BCUT2D eigenvalue weighted by atomic mass is 32.2. The highest BCUT2D eigenvalue weighted by Gasteiger charge is 2.42. The van der Waals surface area contributed by atoms with Crippen molar-refractivity contribution in [3.63, 3.8) is 0 Å². The zero-order valence-electron chi connectivity index (χ0n) is 17.1. The molecule has 1 aliphatic carbocycles. The number of nitrogens with one attached hydrogen (secondary N) is 1. The maximum Gasteiger partial charge on any atom is 0.338 e. The van der Waals surface area contributed by atoms with Gasteiger partial charge in [-0.15, -0.1) is 0 Å². The fourth-order valence-electron chi connectivity index (χ4n) is 3.57. The van der Waals surface area contributed by atoms with Crippen LogP contribution < -0.4 is 5.32 Å². The number of thioether (sulfide) groups is 1. The number of esters is 1.